The van der Waals surface area contributed by atoms with E-state index < -0.39 is 21.8 Å². The van der Waals surface area contributed by atoms with Gasteiger partial charge in [0, 0.05) is 12.0 Å². The fourth-order valence-corrected chi connectivity index (χ4v) is 5.44. The molecular weight excluding hydrogens is 412 g/mol. The normalized spacial score (nSPS) is 14.7. The van der Waals surface area contributed by atoms with Crippen molar-refractivity contribution in [2.24, 2.45) is 0 Å². The van der Waals surface area contributed by atoms with Gasteiger partial charge in [-0.1, -0.05) is 36.5 Å². The fraction of sp³-hybridized carbons (Fsp3) is 0.158. The Labute approximate surface area is 171 Å². The van der Waals surface area contributed by atoms with Gasteiger partial charge in [-0.3, -0.25) is 14.9 Å². The molecule has 1 aliphatic heterocycles. The molecule has 29 heavy (non-hydrogen) atoms. The van der Waals surface area contributed by atoms with Crippen LogP contribution in [0.3, 0.4) is 0 Å². The van der Waals surface area contributed by atoms with Crippen molar-refractivity contribution >= 4 is 44.0 Å². The van der Waals surface area contributed by atoms with Crippen molar-refractivity contribution < 1.29 is 18.0 Å². The van der Waals surface area contributed by atoms with E-state index in [0.29, 0.717) is 5.13 Å². The molecule has 0 unspecified atom stereocenters. The lowest BCUT2D eigenvalue weighted by atomic mass is 10.1. The maximum Gasteiger partial charge on any atom is 0.273 e. The Morgan fingerprint density at radius 2 is 1.90 bits per heavy atom. The van der Waals surface area contributed by atoms with Gasteiger partial charge in [-0.25, -0.2) is 8.42 Å². The number of para-hydroxylation sites is 1. The summed E-state index contributed by atoms with van der Waals surface area (Å²) in [5, 5.41) is 11.7. The maximum atomic E-state index is 13.0. The predicted molar refractivity (Wildman–Crippen MR) is 109 cm³/mol. The molecule has 0 spiro atoms. The lowest BCUT2D eigenvalue weighted by Gasteiger charge is -2.14. The number of amides is 2. The molecule has 0 fully saturated rings. The first kappa shape index (κ1) is 19.2. The summed E-state index contributed by atoms with van der Waals surface area (Å²) >= 11 is 1.27. The van der Waals surface area contributed by atoms with Crippen LogP contribution >= 0.6 is 11.3 Å². The third kappa shape index (κ3) is 3.40. The number of carbonyl (C=O) groups excluding carboxylic acids is 2. The van der Waals surface area contributed by atoms with Gasteiger partial charge >= 0.3 is 0 Å². The van der Waals surface area contributed by atoms with E-state index in [1.807, 2.05) is 6.92 Å². The molecule has 10 heteroatoms. The molecule has 8 nitrogen and oxygen atoms in total. The molecule has 148 valence electrons. The van der Waals surface area contributed by atoms with Crippen LogP contribution in [0.2, 0.25) is 0 Å². The minimum atomic E-state index is -4.10. The standard InChI is InChI=1S/C19H16N4O4S2/c1-2-6-16-21-22-19(28-16)20-17(24)12-9-10-14-15(11-12)29(26,27)23(18(14)25)13-7-4-3-5-8-13/h3-5,7-11H,2,6H2,1H3,(H,20,22,24). The molecule has 1 aromatic heterocycles. The quantitative estimate of drug-likeness (QED) is 0.669. The monoisotopic (exact) mass is 428 g/mol. The molecule has 0 saturated heterocycles. The lowest BCUT2D eigenvalue weighted by molar-refractivity contribution is 0.100. The summed E-state index contributed by atoms with van der Waals surface area (Å²) in [7, 11) is -4.10. The van der Waals surface area contributed by atoms with Crippen molar-refractivity contribution in [2.75, 3.05) is 9.62 Å². The number of nitrogens with zero attached hydrogens (tertiary/aromatic N) is 3. The van der Waals surface area contributed by atoms with Gasteiger partial charge in [-0.05, 0) is 36.8 Å². The zero-order valence-corrected chi connectivity index (χ0v) is 17.0. The first-order valence-electron chi connectivity index (χ1n) is 8.84. The van der Waals surface area contributed by atoms with E-state index in [2.05, 4.69) is 15.5 Å². The highest BCUT2D eigenvalue weighted by atomic mass is 32.2. The van der Waals surface area contributed by atoms with E-state index in [0.717, 1.165) is 22.2 Å². The Morgan fingerprint density at radius 1 is 1.14 bits per heavy atom. The molecule has 2 heterocycles. The second-order valence-corrected chi connectivity index (χ2v) is 9.14. The third-order valence-electron chi connectivity index (χ3n) is 4.32. The van der Waals surface area contributed by atoms with Gasteiger partial charge in [0.15, 0.2) is 0 Å². The molecule has 0 bridgehead atoms. The van der Waals surface area contributed by atoms with Crippen LogP contribution in [0.25, 0.3) is 0 Å². The van der Waals surface area contributed by atoms with Crippen molar-refractivity contribution in [3.63, 3.8) is 0 Å². The van der Waals surface area contributed by atoms with Crippen molar-refractivity contribution in [3.8, 4) is 0 Å². The van der Waals surface area contributed by atoms with E-state index in [1.165, 1.54) is 41.7 Å². The van der Waals surface area contributed by atoms with E-state index in [9.17, 15) is 18.0 Å². The highest BCUT2D eigenvalue weighted by molar-refractivity contribution is 7.94. The maximum absolute atomic E-state index is 13.0. The highest BCUT2D eigenvalue weighted by Gasteiger charge is 2.42. The van der Waals surface area contributed by atoms with Crippen molar-refractivity contribution in [2.45, 2.75) is 24.7 Å². The Bertz CT molecular complexity index is 1210. The number of rotatable bonds is 5. The van der Waals surface area contributed by atoms with Crippen molar-refractivity contribution in [3.05, 3.63) is 64.7 Å². The number of fused-ring (bicyclic) bond motifs is 1. The van der Waals surface area contributed by atoms with Crippen LogP contribution < -0.4 is 9.62 Å². The SMILES string of the molecule is CCCc1nnc(NC(=O)c2ccc3c(c2)S(=O)(=O)N(c2ccccc2)C3=O)s1. The molecular formula is C19H16N4O4S2. The summed E-state index contributed by atoms with van der Waals surface area (Å²) in [5.74, 6) is -1.17. The van der Waals surface area contributed by atoms with Crippen LogP contribution in [0.15, 0.2) is 53.4 Å². The molecule has 0 atom stereocenters. The second-order valence-electron chi connectivity index (χ2n) is 6.33. The van der Waals surface area contributed by atoms with Crippen molar-refractivity contribution in [1.82, 2.24) is 10.2 Å². The Balaban J connectivity index is 1.64. The van der Waals surface area contributed by atoms with Crippen LogP contribution in [-0.2, 0) is 16.4 Å². The van der Waals surface area contributed by atoms with Crippen LogP contribution in [-0.4, -0.2) is 30.4 Å². The summed E-state index contributed by atoms with van der Waals surface area (Å²) in [6.45, 7) is 2.02. The summed E-state index contributed by atoms with van der Waals surface area (Å²) < 4.78 is 26.7. The van der Waals surface area contributed by atoms with Crippen LogP contribution in [0.4, 0.5) is 10.8 Å². The Morgan fingerprint density at radius 3 is 2.62 bits per heavy atom. The molecule has 1 aliphatic rings. The number of anilines is 2. The molecule has 0 radical (unpaired) electrons. The molecule has 0 aliphatic carbocycles. The van der Waals surface area contributed by atoms with Crippen LogP contribution in [0.1, 0.15) is 39.1 Å². The van der Waals surface area contributed by atoms with Crippen LogP contribution in [0, 0.1) is 0 Å². The van der Waals surface area contributed by atoms with Crippen LogP contribution in [0.5, 0.6) is 0 Å². The predicted octanol–water partition coefficient (Wildman–Crippen LogP) is 3.09. The fourth-order valence-electron chi connectivity index (χ4n) is 2.98. The number of benzene rings is 2. The van der Waals surface area contributed by atoms with Gasteiger partial charge in [0.25, 0.3) is 21.8 Å². The topological polar surface area (TPSA) is 109 Å². The van der Waals surface area contributed by atoms with E-state index in [-0.39, 0.29) is 21.7 Å². The van der Waals surface area contributed by atoms with Gasteiger partial charge in [0.2, 0.25) is 5.13 Å². The van der Waals surface area contributed by atoms with E-state index in [1.54, 1.807) is 18.2 Å². The largest absolute Gasteiger partial charge is 0.296 e. The minimum Gasteiger partial charge on any atom is -0.296 e. The second kappa shape index (κ2) is 7.37. The first-order chi connectivity index (χ1) is 13.9. The smallest absolute Gasteiger partial charge is 0.273 e. The zero-order valence-electron chi connectivity index (χ0n) is 15.3. The molecule has 0 saturated carbocycles. The average molecular weight is 428 g/mol. The minimum absolute atomic E-state index is 0.0338. The summed E-state index contributed by atoms with van der Waals surface area (Å²) in [5.41, 5.74) is 0.394. The number of carbonyl (C=O) groups is 2. The molecule has 1 N–H and O–H groups in total. The van der Waals surface area contributed by atoms with E-state index >= 15 is 0 Å². The average Bonchev–Trinajstić information content (AvgIpc) is 3.22. The number of nitrogens with one attached hydrogen (secondary N) is 1. The third-order valence-corrected chi connectivity index (χ3v) is 6.97. The van der Waals surface area contributed by atoms with Gasteiger partial charge < -0.3 is 0 Å². The van der Waals surface area contributed by atoms with Gasteiger partial charge in [-0.15, -0.1) is 10.2 Å². The molecule has 2 amide bonds. The number of aromatic nitrogens is 2. The highest BCUT2D eigenvalue weighted by Crippen LogP contribution is 2.35. The molecule has 4 rings (SSSR count). The first-order valence-corrected chi connectivity index (χ1v) is 11.1. The number of hydrogen-bond acceptors (Lipinski definition) is 7. The van der Waals surface area contributed by atoms with Gasteiger partial charge in [0.05, 0.1) is 11.3 Å². The Kier molecular flexibility index (Phi) is 4.89. The Hall–Kier alpha value is -3.11. The van der Waals surface area contributed by atoms with Gasteiger partial charge in [-0.2, -0.15) is 4.31 Å². The summed E-state index contributed by atoms with van der Waals surface area (Å²) in [6, 6.07) is 12.1. The summed E-state index contributed by atoms with van der Waals surface area (Å²) in [6.07, 6.45) is 1.68. The molecule has 3 aromatic rings. The zero-order chi connectivity index (χ0) is 20.6. The lowest BCUT2D eigenvalue weighted by Crippen LogP contribution is -2.29. The molecule has 2 aromatic carbocycles. The van der Waals surface area contributed by atoms with E-state index in [4.69, 9.17) is 0 Å². The van der Waals surface area contributed by atoms with Crippen molar-refractivity contribution in [1.29, 1.82) is 0 Å². The van der Waals surface area contributed by atoms with Gasteiger partial charge in [0.1, 0.15) is 9.90 Å². The number of hydrogen-bond donors (Lipinski definition) is 1. The number of sulfonamides is 1. The number of aryl methyl sites for hydroxylation is 1. The summed E-state index contributed by atoms with van der Waals surface area (Å²) in [4.78, 5) is 25.0.